The molecular weight excluding hydrogens is 464 g/mol. The average Bonchev–Trinajstić information content (AvgIpc) is 3.21. The Hall–Kier alpha value is -4.05. The third-order valence-electron chi connectivity index (χ3n) is 4.88. The normalized spacial score (nSPS) is 11.5. The van der Waals surface area contributed by atoms with Gasteiger partial charge in [0, 0.05) is 36.1 Å². The van der Waals surface area contributed by atoms with Crippen LogP contribution in [0.25, 0.3) is 22.3 Å². The number of aromatic nitrogens is 3. The molecule has 2 aromatic heterocycles. The summed E-state index contributed by atoms with van der Waals surface area (Å²) in [5.74, 6) is -3.70. The van der Waals surface area contributed by atoms with Gasteiger partial charge in [-0.3, -0.25) is 4.57 Å². The molecule has 0 aliphatic rings. The van der Waals surface area contributed by atoms with Crippen LogP contribution >= 0.6 is 12.9 Å². The van der Waals surface area contributed by atoms with Gasteiger partial charge in [0.15, 0.2) is 0 Å². The molecule has 34 heavy (non-hydrogen) atoms. The number of carbonyl (C=O) groups excluding carboxylic acids is 2. The van der Waals surface area contributed by atoms with Crippen molar-refractivity contribution in [1.82, 2.24) is 14.5 Å². The Morgan fingerprint density at radius 3 is 2.44 bits per heavy atom. The molecule has 0 saturated heterocycles. The molecule has 2 aromatic carbocycles. The van der Waals surface area contributed by atoms with Crippen molar-refractivity contribution in [2.75, 3.05) is 6.61 Å². The molecule has 0 saturated carbocycles. The fourth-order valence-corrected chi connectivity index (χ4v) is 3.56. The van der Waals surface area contributed by atoms with Crippen molar-refractivity contribution >= 4 is 41.5 Å². The van der Waals surface area contributed by atoms with Gasteiger partial charge in [-0.15, -0.1) is 0 Å². The van der Waals surface area contributed by atoms with Crippen LogP contribution < -0.4 is 0 Å². The number of esters is 1. The number of fused-ring (bicyclic) bond motifs is 1. The first-order chi connectivity index (χ1) is 16.4. The standard InChI is InChI=1S/C24H17F2N3O4S/c1-2-32-20(30)12-16(14-7-4-3-5-8-14)19-11-15-13-27-22(24(31)33-34)28-23(15)29(19)21-17(25)9-6-10-18(21)26/h3-13,34H,2H2,1H3/b16-12+. The third kappa shape index (κ3) is 4.40. The predicted octanol–water partition coefficient (Wildman–Crippen LogP) is 4.70. The summed E-state index contributed by atoms with van der Waals surface area (Å²) in [4.78, 5) is 32.5. The van der Waals surface area contributed by atoms with Gasteiger partial charge in [0.25, 0.3) is 0 Å². The lowest BCUT2D eigenvalue weighted by molar-refractivity contribution is -0.137. The Labute approximate surface area is 198 Å². The minimum Gasteiger partial charge on any atom is -0.463 e. The second-order valence-electron chi connectivity index (χ2n) is 6.96. The van der Waals surface area contributed by atoms with E-state index in [1.807, 2.05) is 0 Å². The molecule has 0 radical (unpaired) electrons. The Bertz CT molecular complexity index is 1400. The summed E-state index contributed by atoms with van der Waals surface area (Å²) in [5, 5.41) is 0.360. The minimum absolute atomic E-state index is 0.0217. The first kappa shape index (κ1) is 23.1. The fraction of sp³-hybridized carbons (Fsp3) is 0.0833. The summed E-state index contributed by atoms with van der Waals surface area (Å²) >= 11 is 3.48. The van der Waals surface area contributed by atoms with Crippen LogP contribution in [0, 0.1) is 11.6 Å². The summed E-state index contributed by atoms with van der Waals surface area (Å²) in [6, 6.07) is 13.8. The maximum Gasteiger partial charge on any atom is 0.388 e. The molecule has 0 fully saturated rings. The van der Waals surface area contributed by atoms with Crippen LogP contribution in [-0.4, -0.2) is 33.1 Å². The molecular formula is C24H17F2N3O4S. The van der Waals surface area contributed by atoms with Crippen LogP contribution in [0.2, 0.25) is 0 Å². The number of para-hydroxylation sites is 1. The second kappa shape index (κ2) is 9.84. The van der Waals surface area contributed by atoms with Crippen molar-refractivity contribution in [2.24, 2.45) is 0 Å². The molecule has 10 heteroatoms. The quantitative estimate of drug-likeness (QED) is 0.186. The molecule has 0 N–H and O–H groups in total. The van der Waals surface area contributed by atoms with E-state index < -0.39 is 29.3 Å². The summed E-state index contributed by atoms with van der Waals surface area (Å²) in [6.07, 6.45) is 2.55. The van der Waals surface area contributed by atoms with Crippen molar-refractivity contribution in [3.05, 3.63) is 95.6 Å². The smallest absolute Gasteiger partial charge is 0.388 e. The number of hydrogen-bond acceptors (Lipinski definition) is 7. The molecule has 172 valence electrons. The van der Waals surface area contributed by atoms with Gasteiger partial charge in [-0.25, -0.2) is 28.3 Å². The number of benzene rings is 2. The van der Waals surface area contributed by atoms with Gasteiger partial charge < -0.3 is 8.92 Å². The molecule has 0 aliphatic carbocycles. The molecule has 4 aromatic rings. The van der Waals surface area contributed by atoms with Crippen molar-refractivity contribution < 1.29 is 27.3 Å². The number of halogens is 2. The van der Waals surface area contributed by atoms with E-state index in [1.165, 1.54) is 22.9 Å². The number of hydrogen-bond donors (Lipinski definition) is 1. The van der Waals surface area contributed by atoms with Gasteiger partial charge in [-0.2, -0.15) is 0 Å². The number of carbonyl (C=O) groups is 2. The number of ether oxygens (including phenoxy) is 1. The highest BCUT2D eigenvalue weighted by Gasteiger charge is 2.24. The van der Waals surface area contributed by atoms with Crippen molar-refractivity contribution in [3.63, 3.8) is 0 Å². The summed E-state index contributed by atoms with van der Waals surface area (Å²) in [6.45, 7) is 1.81. The summed E-state index contributed by atoms with van der Waals surface area (Å²) in [5.41, 5.74) is 0.705. The van der Waals surface area contributed by atoms with E-state index >= 15 is 0 Å². The highest BCUT2D eigenvalue weighted by Crippen LogP contribution is 2.33. The lowest BCUT2D eigenvalue weighted by Gasteiger charge is -2.15. The van der Waals surface area contributed by atoms with E-state index in [0.717, 1.165) is 12.1 Å². The zero-order chi connectivity index (χ0) is 24.2. The number of nitrogens with zero attached hydrogens (tertiary/aromatic N) is 3. The highest BCUT2D eigenvalue weighted by molar-refractivity contribution is 7.75. The van der Waals surface area contributed by atoms with E-state index in [2.05, 4.69) is 27.1 Å². The Kier molecular flexibility index (Phi) is 6.69. The van der Waals surface area contributed by atoms with Crippen LogP contribution in [0.4, 0.5) is 8.78 Å². The first-order valence-electron chi connectivity index (χ1n) is 10.1. The molecule has 0 bridgehead atoms. The predicted molar refractivity (Wildman–Crippen MR) is 123 cm³/mol. The van der Waals surface area contributed by atoms with E-state index in [-0.39, 0.29) is 23.8 Å². The van der Waals surface area contributed by atoms with Crippen molar-refractivity contribution in [2.45, 2.75) is 6.92 Å². The monoisotopic (exact) mass is 481 g/mol. The molecule has 0 aliphatic heterocycles. The highest BCUT2D eigenvalue weighted by atomic mass is 32.1. The van der Waals surface area contributed by atoms with Crippen LogP contribution in [0.3, 0.4) is 0 Å². The van der Waals surface area contributed by atoms with E-state index in [4.69, 9.17) is 4.74 Å². The van der Waals surface area contributed by atoms with E-state index in [0.29, 0.717) is 16.5 Å². The Balaban J connectivity index is 2.10. The van der Waals surface area contributed by atoms with Gasteiger partial charge in [0.1, 0.15) is 23.0 Å². The van der Waals surface area contributed by atoms with Crippen LogP contribution in [-0.2, 0) is 13.7 Å². The molecule has 7 nitrogen and oxygen atoms in total. The van der Waals surface area contributed by atoms with Gasteiger partial charge in [-0.05, 0) is 30.7 Å². The lowest BCUT2D eigenvalue weighted by atomic mass is 10.0. The van der Waals surface area contributed by atoms with E-state index in [9.17, 15) is 18.4 Å². The number of thiol groups is 1. The van der Waals surface area contributed by atoms with Crippen LogP contribution in [0.5, 0.6) is 0 Å². The van der Waals surface area contributed by atoms with Crippen molar-refractivity contribution in [1.29, 1.82) is 0 Å². The maximum absolute atomic E-state index is 15.0. The largest absolute Gasteiger partial charge is 0.463 e. The number of rotatable bonds is 6. The third-order valence-corrected chi connectivity index (χ3v) is 5.04. The summed E-state index contributed by atoms with van der Waals surface area (Å²) < 4.78 is 40.6. The van der Waals surface area contributed by atoms with E-state index in [1.54, 1.807) is 43.3 Å². The lowest BCUT2D eigenvalue weighted by Crippen LogP contribution is -2.10. The SMILES string of the molecule is CCOC(=O)/C=C(\c1ccccc1)c1cc2cnc(C(=O)OS)nc2n1-c1c(F)cccc1F. The van der Waals surface area contributed by atoms with Gasteiger partial charge in [-0.1, -0.05) is 36.4 Å². The molecule has 0 atom stereocenters. The van der Waals surface area contributed by atoms with Crippen LogP contribution in [0.15, 0.2) is 66.9 Å². The van der Waals surface area contributed by atoms with Crippen molar-refractivity contribution in [3.8, 4) is 5.69 Å². The summed E-state index contributed by atoms with van der Waals surface area (Å²) in [7, 11) is 0. The molecule has 4 rings (SSSR count). The van der Waals surface area contributed by atoms with Gasteiger partial charge >= 0.3 is 11.9 Å². The van der Waals surface area contributed by atoms with Gasteiger partial charge in [0.05, 0.1) is 12.3 Å². The maximum atomic E-state index is 15.0. The average molecular weight is 481 g/mol. The Morgan fingerprint density at radius 2 is 1.79 bits per heavy atom. The molecule has 0 amide bonds. The molecule has 2 heterocycles. The second-order valence-corrected chi connectivity index (χ2v) is 7.15. The van der Waals surface area contributed by atoms with Crippen LogP contribution in [0.1, 0.15) is 28.8 Å². The minimum atomic E-state index is -0.945. The fourth-order valence-electron chi connectivity index (χ4n) is 3.48. The first-order valence-corrected chi connectivity index (χ1v) is 10.4. The zero-order valence-corrected chi connectivity index (χ0v) is 18.6. The molecule has 0 unspecified atom stereocenters. The Morgan fingerprint density at radius 1 is 1.09 bits per heavy atom. The van der Waals surface area contributed by atoms with Gasteiger partial charge in [0.2, 0.25) is 5.82 Å². The zero-order valence-electron chi connectivity index (χ0n) is 17.7. The molecule has 0 spiro atoms. The topological polar surface area (TPSA) is 83.3 Å².